The Morgan fingerprint density at radius 3 is 2.65 bits per heavy atom. The van der Waals surface area contributed by atoms with Crippen LogP contribution in [-0.2, 0) is 6.42 Å². The average Bonchev–Trinajstić information content (AvgIpc) is 2.88. The van der Waals surface area contributed by atoms with Crippen molar-refractivity contribution in [3.8, 4) is 0 Å². The molecule has 0 radical (unpaired) electrons. The molecule has 1 aromatic heterocycles. The van der Waals surface area contributed by atoms with E-state index in [-0.39, 0.29) is 0 Å². The van der Waals surface area contributed by atoms with Crippen molar-refractivity contribution in [2.75, 3.05) is 11.9 Å². The highest BCUT2D eigenvalue weighted by molar-refractivity contribution is 6.02. The number of aromatic nitrogens is 1. The zero-order chi connectivity index (χ0) is 13.4. The summed E-state index contributed by atoms with van der Waals surface area (Å²) in [6.07, 6.45) is 0.995. The van der Waals surface area contributed by atoms with E-state index in [2.05, 4.69) is 57.3 Å². The Hall–Kier alpha value is -2.55. The van der Waals surface area contributed by atoms with Crippen LogP contribution in [0.2, 0.25) is 0 Å². The van der Waals surface area contributed by atoms with Gasteiger partial charge in [-0.25, -0.2) is 0 Å². The Balaban J connectivity index is 1.82. The van der Waals surface area contributed by atoms with Gasteiger partial charge in [0.25, 0.3) is 0 Å². The summed E-state index contributed by atoms with van der Waals surface area (Å²) in [5.74, 6) is 0.915. The second-order valence-electron chi connectivity index (χ2n) is 4.98. The molecule has 0 aliphatic carbocycles. The molecule has 0 fully saturated rings. The SMILES string of the molecule is c1ccc(NC2=NCCc3cc4ccccc4n32)cc1. The van der Waals surface area contributed by atoms with Gasteiger partial charge in [-0.15, -0.1) is 0 Å². The minimum atomic E-state index is 0.839. The van der Waals surface area contributed by atoms with Crippen molar-refractivity contribution in [3.63, 3.8) is 0 Å². The monoisotopic (exact) mass is 261 g/mol. The fourth-order valence-corrected chi connectivity index (χ4v) is 2.74. The van der Waals surface area contributed by atoms with E-state index >= 15 is 0 Å². The second kappa shape index (κ2) is 4.53. The van der Waals surface area contributed by atoms with Gasteiger partial charge in [0.15, 0.2) is 0 Å². The van der Waals surface area contributed by atoms with E-state index in [0.29, 0.717) is 0 Å². The molecular weight excluding hydrogens is 246 g/mol. The molecule has 2 aromatic carbocycles. The highest BCUT2D eigenvalue weighted by Gasteiger charge is 2.16. The van der Waals surface area contributed by atoms with Crippen molar-refractivity contribution in [1.82, 2.24) is 4.57 Å². The number of hydrogen-bond donors (Lipinski definition) is 1. The van der Waals surface area contributed by atoms with E-state index in [1.54, 1.807) is 0 Å². The lowest BCUT2D eigenvalue weighted by molar-refractivity contribution is 0.854. The van der Waals surface area contributed by atoms with Crippen LogP contribution in [0, 0.1) is 0 Å². The molecule has 0 amide bonds. The number of aliphatic imine (C=N–C) groups is 1. The van der Waals surface area contributed by atoms with Crippen LogP contribution >= 0.6 is 0 Å². The van der Waals surface area contributed by atoms with Gasteiger partial charge in [-0.1, -0.05) is 36.4 Å². The first-order valence-electron chi connectivity index (χ1n) is 6.88. The Kier molecular flexibility index (Phi) is 2.56. The molecule has 0 saturated carbocycles. The lowest BCUT2D eigenvalue weighted by Gasteiger charge is -2.19. The highest BCUT2D eigenvalue weighted by atomic mass is 15.2. The van der Waals surface area contributed by atoms with Crippen molar-refractivity contribution < 1.29 is 0 Å². The van der Waals surface area contributed by atoms with Crippen molar-refractivity contribution in [1.29, 1.82) is 0 Å². The smallest absolute Gasteiger partial charge is 0.207 e. The molecule has 1 N–H and O–H groups in total. The molecular formula is C17H15N3. The topological polar surface area (TPSA) is 29.3 Å². The van der Waals surface area contributed by atoms with Crippen LogP contribution in [0.5, 0.6) is 0 Å². The van der Waals surface area contributed by atoms with E-state index in [1.807, 2.05) is 18.2 Å². The summed E-state index contributed by atoms with van der Waals surface area (Å²) in [5.41, 5.74) is 3.60. The molecule has 20 heavy (non-hydrogen) atoms. The van der Waals surface area contributed by atoms with Crippen molar-refractivity contribution >= 4 is 22.5 Å². The Labute approximate surface area is 117 Å². The van der Waals surface area contributed by atoms with Crippen LogP contribution in [-0.4, -0.2) is 17.1 Å². The molecule has 0 saturated heterocycles. The van der Waals surface area contributed by atoms with Gasteiger partial charge in [0, 0.05) is 29.7 Å². The van der Waals surface area contributed by atoms with Gasteiger partial charge in [-0.2, -0.15) is 0 Å². The van der Waals surface area contributed by atoms with Crippen molar-refractivity contribution in [2.45, 2.75) is 6.42 Å². The summed E-state index contributed by atoms with van der Waals surface area (Å²) in [5, 5.41) is 4.70. The first-order chi connectivity index (χ1) is 9.92. The Bertz CT molecular complexity index is 784. The molecule has 3 nitrogen and oxygen atoms in total. The number of hydrogen-bond acceptors (Lipinski definition) is 2. The van der Waals surface area contributed by atoms with Gasteiger partial charge in [0.2, 0.25) is 5.96 Å². The number of rotatable bonds is 1. The average molecular weight is 261 g/mol. The lowest BCUT2D eigenvalue weighted by Crippen LogP contribution is -2.27. The summed E-state index contributed by atoms with van der Waals surface area (Å²) in [6.45, 7) is 0.839. The summed E-state index contributed by atoms with van der Waals surface area (Å²) in [7, 11) is 0. The second-order valence-corrected chi connectivity index (χ2v) is 4.98. The third-order valence-electron chi connectivity index (χ3n) is 3.66. The number of anilines is 1. The standard InChI is InChI=1S/C17H15N3/c1-2-7-14(8-3-1)19-17-18-11-10-15-12-13-6-4-5-9-16(13)20(15)17/h1-9,12H,10-11H2,(H,18,19). The normalized spacial score (nSPS) is 13.9. The van der Waals surface area contributed by atoms with Gasteiger partial charge in [-0.05, 0) is 24.3 Å². The van der Waals surface area contributed by atoms with Crippen LogP contribution in [0.25, 0.3) is 10.9 Å². The van der Waals surface area contributed by atoms with Crippen LogP contribution < -0.4 is 5.32 Å². The van der Waals surface area contributed by atoms with E-state index in [9.17, 15) is 0 Å². The Morgan fingerprint density at radius 2 is 1.75 bits per heavy atom. The minimum absolute atomic E-state index is 0.839. The number of nitrogens with zero attached hydrogens (tertiary/aromatic N) is 2. The van der Waals surface area contributed by atoms with Gasteiger partial charge >= 0.3 is 0 Å². The molecule has 98 valence electrons. The fraction of sp³-hybridized carbons (Fsp3) is 0.118. The lowest BCUT2D eigenvalue weighted by atomic mass is 10.2. The molecule has 3 heteroatoms. The molecule has 3 aromatic rings. The van der Waals surface area contributed by atoms with Crippen LogP contribution in [0.1, 0.15) is 5.69 Å². The molecule has 0 atom stereocenters. The molecule has 0 spiro atoms. The van der Waals surface area contributed by atoms with E-state index in [1.165, 1.54) is 16.6 Å². The zero-order valence-electron chi connectivity index (χ0n) is 11.1. The largest absolute Gasteiger partial charge is 0.326 e. The van der Waals surface area contributed by atoms with Gasteiger partial charge in [-0.3, -0.25) is 9.56 Å². The van der Waals surface area contributed by atoms with E-state index in [0.717, 1.165) is 24.6 Å². The van der Waals surface area contributed by atoms with Crippen LogP contribution in [0.4, 0.5) is 5.69 Å². The van der Waals surface area contributed by atoms with Crippen LogP contribution in [0.3, 0.4) is 0 Å². The molecule has 0 bridgehead atoms. The summed E-state index contributed by atoms with van der Waals surface area (Å²) < 4.78 is 2.23. The summed E-state index contributed by atoms with van der Waals surface area (Å²) >= 11 is 0. The first kappa shape index (κ1) is 11.3. The van der Waals surface area contributed by atoms with E-state index < -0.39 is 0 Å². The van der Waals surface area contributed by atoms with Crippen molar-refractivity contribution in [2.24, 2.45) is 4.99 Å². The maximum absolute atomic E-state index is 4.66. The predicted molar refractivity (Wildman–Crippen MR) is 83.4 cm³/mol. The van der Waals surface area contributed by atoms with E-state index in [4.69, 9.17) is 0 Å². The minimum Gasteiger partial charge on any atom is -0.326 e. The number of para-hydroxylation sites is 2. The quantitative estimate of drug-likeness (QED) is 0.713. The van der Waals surface area contributed by atoms with Gasteiger partial charge < -0.3 is 5.32 Å². The Morgan fingerprint density at radius 1 is 0.950 bits per heavy atom. The molecule has 4 rings (SSSR count). The molecule has 1 aliphatic rings. The molecule has 2 heterocycles. The zero-order valence-corrected chi connectivity index (χ0v) is 11.1. The third-order valence-corrected chi connectivity index (χ3v) is 3.66. The van der Waals surface area contributed by atoms with Crippen LogP contribution in [0.15, 0.2) is 65.7 Å². The molecule has 0 unspecified atom stereocenters. The highest BCUT2D eigenvalue weighted by Crippen LogP contribution is 2.23. The fourth-order valence-electron chi connectivity index (χ4n) is 2.74. The number of nitrogens with one attached hydrogen (secondary N) is 1. The predicted octanol–water partition coefficient (Wildman–Crippen LogP) is 3.51. The van der Waals surface area contributed by atoms with Crippen molar-refractivity contribution in [3.05, 3.63) is 66.4 Å². The van der Waals surface area contributed by atoms with Gasteiger partial charge in [0.05, 0.1) is 5.52 Å². The summed E-state index contributed by atoms with van der Waals surface area (Å²) in [4.78, 5) is 4.66. The summed E-state index contributed by atoms with van der Waals surface area (Å²) in [6, 6.07) is 20.9. The third kappa shape index (κ3) is 1.79. The maximum Gasteiger partial charge on any atom is 0.207 e. The molecule has 1 aliphatic heterocycles. The number of benzene rings is 2. The van der Waals surface area contributed by atoms with Gasteiger partial charge in [0.1, 0.15) is 0 Å². The number of fused-ring (bicyclic) bond motifs is 3. The first-order valence-corrected chi connectivity index (χ1v) is 6.88. The maximum atomic E-state index is 4.66.